The summed E-state index contributed by atoms with van der Waals surface area (Å²) >= 11 is 0. The molecule has 1 unspecified atom stereocenters. The Morgan fingerprint density at radius 1 is 1.16 bits per heavy atom. The number of furan rings is 2. The first-order valence-electron chi connectivity index (χ1n) is 8.55. The van der Waals surface area contributed by atoms with Crippen molar-refractivity contribution in [2.24, 2.45) is 0 Å². The van der Waals surface area contributed by atoms with Gasteiger partial charge in [-0.25, -0.2) is 0 Å². The largest absolute Gasteiger partial charge is 0.468 e. The summed E-state index contributed by atoms with van der Waals surface area (Å²) < 4.78 is 10.8. The summed E-state index contributed by atoms with van der Waals surface area (Å²) in [5.74, 6) is 1.26. The molecule has 25 heavy (non-hydrogen) atoms. The van der Waals surface area contributed by atoms with E-state index < -0.39 is 6.04 Å². The number of hydrogen-bond donors (Lipinski definition) is 2. The number of hydrogen-bond acceptors (Lipinski definition) is 5. The van der Waals surface area contributed by atoms with E-state index >= 15 is 0 Å². The molecule has 1 fully saturated rings. The first kappa shape index (κ1) is 17.3. The lowest BCUT2D eigenvalue weighted by atomic mass is 10.1. The number of amides is 2. The number of carbonyl (C=O) groups is 2. The van der Waals surface area contributed by atoms with Gasteiger partial charge in [-0.15, -0.1) is 0 Å². The molecule has 0 radical (unpaired) electrons. The molecule has 1 saturated heterocycles. The molecule has 3 rings (SSSR count). The van der Waals surface area contributed by atoms with E-state index in [-0.39, 0.29) is 18.4 Å². The summed E-state index contributed by atoms with van der Waals surface area (Å²) in [4.78, 5) is 26.3. The highest BCUT2D eigenvalue weighted by Crippen LogP contribution is 2.11. The van der Waals surface area contributed by atoms with Crippen LogP contribution in [0.25, 0.3) is 0 Å². The second-order valence-electron chi connectivity index (χ2n) is 6.21. The predicted molar refractivity (Wildman–Crippen MR) is 90.3 cm³/mol. The van der Waals surface area contributed by atoms with Gasteiger partial charge in [0.05, 0.1) is 32.2 Å². The van der Waals surface area contributed by atoms with Crippen molar-refractivity contribution >= 4 is 11.8 Å². The Morgan fingerprint density at radius 3 is 2.44 bits per heavy atom. The van der Waals surface area contributed by atoms with Crippen molar-refractivity contribution in [3.05, 3.63) is 48.3 Å². The van der Waals surface area contributed by atoms with Gasteiger partial charge in [-0.3, -0.25) is 14.5 Å². The summed E-state index contributed by atoms with van der Waals surface area (Å²) in [6, 6.07) is 6.91. The van der Waals surface area contributed by atoms with Crippen molar-refractivity contribution in [1.29, 1.82) is 0 Å². The van der Waals surface area contributed by atoms with Crippen LogP contribution in [-0.4, -0.2) is 35.8 Å². The van der Waals surface area contributed by atoms with Crippen molar-refractivity contribution in [1.82, 2.24) is 15.5 Å². The molecule has 0 saturated carbocycles. The number of nitrogens with one attached hydrogen (secondary N) is 2. The molecule has 7 heteroatoms. The summed E-state index contributed by atoms with van der Waals surface area (Å²) in [5.41, 5.74) is 0. The van der Waals surface area contributed by atoms with Crippen LogP contribution in [0.1, 0.15) is 30.8 Å². The molecular weight excluding hydrogens is 322 g/mol. The van der Waals surface area contributed by atoms with Crippen LogP contribution >= 0.6 is 0 Å². The van der Waals surface area contributed by atoms with Crippen molar-refractivity contribution in [3.8, 4) is 0 Å². The fourth-order valence-corrected chi connectivity index (χ4v) is 2.93. The predicted octanol–water partition coefficient (Wildman–Crippen LogP) is 1.66. The van der Waals surface area contributed by atoms with Crippen LogP contribution < -0.4 is 10.6 Å². The fraction of sp³-hybridized carbons (Fsp3) is 0.444. The van der Waals surface area contributed by atoms with Gasteiger partial charge in [0.15, 0.2) is 0 Å². The standard InChI is InChI=1S/C18H23N3O4/c22-17(20-16-7-1-2-8-19-18(16)23)13-21(11-14-5-3-9-24-14)12-15-6-4-10-25-15/h3-6,9-10,16H,1-2,7-8,11-13H2,(H,19,23)(H,20,22). The quantitative estimate of drug-likeness (QED) is 0.797. The van der Waals surface area contributed by atoms with Crippen molar-refractivity contribution in [2.45, 2.75) is 38.4 Å². The molecule has 0 aliphatic carbocycles. The molecule has 2 aromatic heterocycles. The highest BCUT2D eigenvalue weighted by atomic mass is 16.3. The lowest BCUT2D eigenvalue weighted by Gasteiger charge is -2.21. The summed E-state index contributed by atoms with van der Waals surface area (Å²) in [6.07, 6.45) is 5.76. The number of nitrogens with zero attached hydrogens (tertiary/aromatic N) is 1. The maximum Gasteiger partial charge on any atom is 0.242 e. The molecule has 134 valence electrons. The van der Waals surface area contributed by atoms with E-state index in [1.807, 2.05) is 29.2 Å². The lowest BCUT2D eigenvalue weighted by molar-refractivity contribution is -0.129. The zero-order valence-corrected chi connectivity index (χ0v) is 14.1. The van der Waals surface area contributed by atoms with Gasteiger partial charge in [0.1, 0.15) is 17.6 Å². The van der Waals surface area contributed by atoms with Gasteiger partial charge in [-0.05, 0) is 43.5 Å². The van der Waals surface area contributed by atoms with E-state index in [9.17, 15) is 9.59 Å². The van der Waals surface area contributed by atoms with Crippen LogP contribution in [0.5, 0.6) is 0 Å². The van der Waals surface area contributed by atoms with Crippen molar-refractivity contribution in [3.63, 3.8) is 0 Å². The molecule has 7 nitrogen and oxygen atoms in total. The first-order chi connectivity index (χ1) is 12.2. The van der Waals surface area contributed by atoms with E-state index in [2.05, 4.69) is 10.6 Å². The third kappa shape index (κ3) is 5.22. The Kier molecular flexibility index (Phi) is 5.90. The molecule has 0 spiro atoms. The van der Waals surface area contributed by atoms with Crippen molar-refractivity contribution in [2.75, 3.05) is 13.1 Å². The number of carbonyl (C=O) groups excluding carboxylic acids is 2. The minimum Gasteiger partial charge on any atom is -0.468 e. The van der Waals surface area contributed by atoms with Gasteiger partial charge < -0.3 is 19.5 Å². The zero-order chi connectivity index (χ0) is 17.5. The Bertz CT molecular complexity index is 630. The van der Waals surface area contributed by atoms with E-state index in [1.54, 1.807) is 12.5 Å². The molecule has 1 atom stereocenters. The third-order valence-corrected chi connectivity index (χ3v) is 4.16. The molecule has 0 bridgehead atoms. The SMILES string of the molecule is O=C(CN(Cc1ccco1)Cc1ccco1)NC1CCCCNC1=O. The second kappa shape index (κ2) is 8.53. The van der Waals surface area contributed by atoms with Crippen LogP contribution in [0.15, 0.2) is 45.6 Å². The van der Waals surface area contributed by atoms with Gasteiger partial charge in [-0.1, -0.05) is 0 Å². The molecular formula is C18H23N3O4. The summed E-state index contributed by atoms with van der Waals surface area (Å²) in [7, 11) is 0. The van der Waals surface area contributed by atoms with E-state index in [0.29, 0.717) is 26.1 Å². The molecule has 2 amide bonds. The second-order valence-corrected chi connectivity index (χ2v) is 6.21. The minimum absolute atomic E-state index is 0.102. The molecule has 3 heterocycles. The molecule has 1 aliphatic rings. The van der Waals surface area contributed by atoms with Gasteiger partial charge in [0.25, 0.3) is 0 Å². The average molecular weight is 345 g/mol. The zero-order valence-electron chi connectivity index (χ0n) is 14.1. The highest BCUT2D eigenvalue weighted by molar-refractivity contribution is 5.88. The molecule has 0 aromatic carbocycles. The van der Waals surface area contributed by atoms with Crippen LogP contribution in [0.4, 0.5) is 0 Å². The normalized spacial score (nSPS) is 18.0. The Morgan fingerprint density at radius 2 is 1.84 bits per heavy atom. The van der Waals surface area contributed by atoms with Crippen LogP contribution in [-0.2, 0) is 22.7 Å². The Labute approximate surface area is 146 Å². The first-order valence-corrected chi connectivity index (χ1v) is 8.55. The van der Waals surface area contributed by atoms with Gasteiger partial charge in [-0.2, -0.15) is 0 Å². The molecule has 2 N–H and O–H groups in total. The smallest absolute Gasteiger partial charge is 0.242 e. The van der Waals surface area contributed by atoms with Crippen LogP contribution in [0.3, 0.4) is 0 Å². The Balaban J connectivity index is 1.59. The molecule has 1 aliphatic heterocycles. The minimum atomic E-state index is -0.455. The maximum absolute atomic E-state index is 12.4. The van der Waals surface area contributed by atoms with Crippen LogP contribution in [0.2, 0.25) is 0 Å². The fourth-order valence-electron chi connectivity index (χ4n) is 2.93. The number of rotatable bonds is 7. The lowest BCUT2D eigenvalue weighted by Crippen LogP contribution is -2.48. The van der Waals surface area contributed by atoms with Crippen molar-refractivity contribution < 1.29 is 18.4 Å². The van der Waals surface area contributed by atoms with Gasteiger partial charge >= 0.3 is 0 Å². The third-order valence-electron chi connectivity index (χ3n) is 4.16. The summed E-state index contributed by atoms with van der Waals surface area (Å²) in [6.45, 7) is 1.80. The van der Waals surface area contributed by atoms with E-state index in [1.165, 1.54) is 0 Å². The highest BCUT2D eigenvalue weighted by Gasteiger charge is 2.23. The summed E-state index contributed by atoms with van der Waals surface area (Å²) in [5, 5.41) is 5.67. The van der Waals surface area contributed by atoms with Crippen LogP contribution in [0, 0.1) is 0 Å². The maximum atomic E-state index is 12.4. The average Bonchev–Trinajstić information content (AvgIpc) is 3.23. The Hall–Kier alpha value is -2.54. The van der Waals surface area contributed by atoms with Gasteiger partial charge in [0, 0.05) is 6.54 Å². The molecule has 2 aromatic rings. The van der Waals surface area contributed by atoms with E-state index in [0.717, 1.165) is 24.4 Å². The monoisotopic (exact) mass is 345 g/mol. The van der Waals surface area contributed by atoms with E-state index in [4.69, 9.17) is 8.83 Å². The topological polar surface area (TPSA) is 87.7 Å². The van der Waals surface area contributed by atoms with Gasteiger partial charge in [0.2, 0.25) is 11.8 Å².